The van der Waals surface area contributed by atoms with Gasteiger partial charge < -0.3 is 10.2 Å². The van der Waals surface area contributed by atoms with Crippen molar-refractivity contribution in [3.63, 3.8) is 0 Å². The number of pyridine rings is 1. The lowest BCUT2D eigenvalue weighted by molar-refractivity contribution is -0.384. The summed E-state index contributed by atoms with van der Waals surface area (Å²) in [6.45, 7) is 4.05. The molecule has 1 saturated heterocycles. The Morgan fingerprint density at radius 2 is 2.37 bits per heavy atom. The van der Waals surface area contributed by atoms with E-state index in [-0.39, 0.29) is 10.6 Å². The first-order valence-corrected chi connectivity index (χ1v) is 6.73. The van der Waals surface area contributed by atoms with Crippen molar-refractivity contribution in [2.75, 3.05) is 30.4 Å². The molecule has 1 aromatic rings. The Balaban J connectivity index is 2.27. The van der Waals surface area contributed by atoms with E-state index in [0.29, 0.717) is 17.6 Å². The number of nitro groups is 1. The number of rotatable bonds is 4. The van der Waals surface area contributed by atoms with Gasteiger partial charge in [0.15, 0.2) is 0 Å². The molecule has 0 aromatic carbocycles. The van der Waals surface area contributed by atoms with Gasteiger partial charge in [0.2, 0.25) is 0 Å². The molecule has 0 bridgehead atoms. The van der Waals surface area contributed by atoms with E-state index in [0.717, 1.165) is 25.9 Å². The maximum atomic E-state index is 11.0. The molecule has 1 N–H and O–H groups in total. The van der Waals surface area contributed by atoms with Crippen LogP contribution in [0, 0.1) is 16.0 Å². The highest BCUT2D eigenvalue weighted by Crippen LogP contribution is 2.27. The molecule has 1 aromatic heterocycles. The molecule has 2 rings (SSSR count). The van der Waals surface area contributed by atoms with E-state index in [4.69, 9.17) is 0 Å². The second-order valence-electron chi connectivity index (χ2n) is 4.94. The molecule has 6 heteroatoms. The molecule has 0 amide bonds. The summed E-state index contributed by atoms with van der Waals surface area (Å²) in [7, 11) is 1.72. The average molecular weight is 264 g/mol. The summed E-state index contributed by atoms with van der Waals surface area (Å²) < 4.78 is 0. The fourth-order valence-corrected chi connectivity index (χ4v) is 2.50. The lowest BCUT2D eigenvalue weighted by Gasteiger charge is -2.33. The fourth-order valence-electron chi connectivity index (χ4n) is 2.50. The molecule has 1 aliphatic rings. The van der Waals surface area contributed by atoms with Gasteiger partial charge in [-0.1, -0.05) is 13.3 Å². The summed E-state index contributed by atoms with van der Waals surface area (Å²) in [5.74, 6) is 1.91. The van der Waals surface area contributed by atoms with Crippen molar-refractivity contribution in [3.05, 3.63) is 22.2 Å². The molecule has 1 unspecified atom stereocenters. The van der Waals surface area contributed by atoms with Crippen molar-refractivity contribution in [2.45, 2.75) is 26.2 Å². The van der Waals surface area contributed by atoms with Crippen molar-refractivity contribution >= 4 is 17.3 Å². The van der Waals surface area contributed by atoms with Crippen molar-refractivity contribution in [2.24, 2.45) is 5.92 Å². The quantitative estimate of drug-likeness (QED) is 0.668. The van der Waals surface area contributed by atoms with Gasteiger partial charge in [-0.3, -0.25) is 10.1 Å². The van der Waals surface area contributed by atoms with Crippen LogP contribution in [0.15, 0.2) is 12.1 Å². The summed E-state index contributed by atoms with van der Waals surface area (Å²) in [6.07, 6.45) is 3.50. The predicted molar refractivity (Wildman–Crippen MR) is 75.7 cm³/mol. The van der Waals surface area contributed by atoms with Crippen LogP contribution in [-0.4, -0.2) is 30.0 Å². The number of nitrogens with one attached hydrogen (secondary N) is 1. The van der Waals surface area contributed by atoms with E-state index in [1.165, 1.54) is 12.5 Å². The summed E-state index contributed by atoms with van der Waals surface area (Å²) in [5, 5.41) is 13.8. The van der Waals surface area contributed by atoms with Crippen molar-refractivity contribution in [1.29, 1.82) is 0 Å². The van der Waals surface area contributed by atoms with Crippen LogP contribution in [0.5, 0.6) is 0 Å². The normalized spacial score (nSPS) is 19.3. The molecule has 104 valence electrons. The Labute approximate surface area is 113 Å². The highest BCUT2D eigenvalue weighted by Gasteiger charge is 2.22. The van der Waals surface area contributed by atoms with E-state index >= 15 is 0 Å². The summed E-state index contributed by atoms with van der Waals surface area (Å²) in [6, 6.07) is 3.03. The van der Waals surface area contributed by atoms with Gasteiger partial charge in [-0.2, -0.15) is 0 Å². The van der Waals surface area contributed by atoms with Gasteiger partial charge in [0.1, 0.15) is 11.6 Å². The molecule has 0 aliphatic carbocycles. The zero-order valence-corrected chi connectivity index (χ0v) is 11.4. The number of aromatic nitrogens is 1. The number of piperidine rings is 1. The first kappa shape index (κ1) is 13.6. The molecular formula is C13H20N4O2. The average Bonchev–Trinajstić information content (AvgIpc) is 2.46. The third kappa shape index (κ3) is 3.13. The van der Waals surface area contributed by atoms with Gasteiger partial charge in [0.05, 0.1) is 17.1 Å². The van der Waals surface area contributed by atoms with Gasteiger partial charge in [-0.25, -0.2) is 4.98 Å². The first-order valence-electron chi connectivity index (χ1n) is 6.73. The van der Waals surface area contributed by atoms with Gasteiger partial charge in [-0.05, 0) is 18.8 Å². The monoisotopic (exact) mass is 264 g/mol. The van der Waals surface area contributed by atoms with E-state index < -0.39 is 0 Å². The number of hydrogen-bond donors (Lipinski definition) is 1. The lowest BCUT2D eigenvalue weighted by Crippen LogP contribution is -2.35. The highest BCUT2D eigenvalue weighted by molar-refractivity contribution is 5.55. The number of anilines is 2. The summed E-state index contributed by atoms with van der Waals surface area (Å²) >= 11 is 0. The zero-order valence-electron chi connectivity index (χ0n) is 11.4. The van der Waals surface area contributed by atoms with Crippen LogP contribution < -0.4 is 10.2 Å². The highest BCUT2D eigenvalue weighted by atomic mass is 16.6. The largest absolute Gasteiger partial charge is 0.373 e. The molecule has 1 fully saturated rings. The Morgan fingerprint density at radius 1 is 1.58 bits per heavy atom. The molecule has 19 heavy (non-hydrogen) atoms. The molecule has 1 atom stereocenters. The minimum Gasteiger partial charge on any atom is -0.373 e. The smallest absolute Gasteiger partial charge is 0.276 e. The Bertz CT molecular complexity index is 464. The lowest BCUT2D eigenvalue weighted by atomic mass is 9.96. The van der Waals surface area contributed by atoms with Crippen molar-refractivity contribution in [3.8, 4) is 0 Å². The molecule has 6 nitrogen and oxygen atoms in total. The topological polar surface area (TPSA) is 71.3 Å². The Kier molecular flexibility index (Phi) is 4.19. The van der Waals surface area contributed by atoms with E-state index in [1.54, 1.807) is 13.1 Å². The standard InChI is InChI=1S/C13H20N4O2/c1-3-10-5-4-6-16(9-10)13-8-11(17(18)19)7-12(14-2)15-13/h7-8,10H,3-6,9H2,1-2H3,(H,14,15). The molecular weight excluding hydrogens is 244 g/mol. The number of hydrogen-bond acceptors (Lipinski definition) is 5. The SMILES string of the molecule is CCC1CCCN(c2cc([N+](=O)[O-])cc(NC)n2)C1. The van der Waals surface area contributed by atoms with Gasteiger partial charge in [0.25, 0.3) is 5.69 Å². The second kappa shape index (κ2) is 5.86. The minimum absolute atomic E-state index is 0.0907. The molecule has 2 heterocycles. The second-order valence-corrected chi connectivity index (χ2v) is 4.94. The van der Waals surface area contributed by atoms with Gasteiger partial charge in [0, 0.05) is 20.1 Å². The van der Waals surface area contributed by atoms with E-state index in [2.05, 4.69) is 22.1 Å². The summed E-state index contributed by atoms with van der Waals surface area (Å²) in [5.41, 5.74) is 0.0907. The fraction of sp³-hybridized carbons (Fsp3) is 0.615. The van der Waals surface area contributed by atoms with Crippen molar-refractivity contribution in [1.82, 2.24) is 4.98 Å². The van der Waals surface area contributed by atoms with Gasteiger partial charge >= 0.3 is 0 Å². The first-order chi connectivity index (χ1) is 9.13. The van der Waals surface area contributed by atoms with Crippen LogP contribution >= 0.6 is 0 Å². The minimum atomic E-state index is -0.368. The third-order valence-corrected chi connectivity index (χ3v) is 3.68. The summed E-state index contributed by atoms with van der Waals surface area (Å²) in [4.78, 5) is 17.2. The molecule has 0 spiro atoms. The molecule has 0 radical (unpaired) electrons. The molecule has 1 aliphatic heterocycles. The predicted octanol–water partition coefficient (Wildman–Crippen LogP) is 2.66. The van der Waals surface area contributed by atoms with Crippen LogP contribution in [0.3, 0.4) is 0 Å². The van der Waals surface area contributed by atoms with E-state index in [1.807, 2.05) is 0 Å². The Morgan fingerprint density at radius 3 is 3.00 bits per heavy atom. The third-order valence-electron chi connectivity index (χ3n) is 3.68. The Hall–Kier alpha value is -1.85. The van der Waals surface area contributed by atoms with Crippen LogP contribution in [0.2, 0.25) is 0 Å². The van der Waals surface area contributed by atoms with Gasteiger partial charge in [-0.15, -0.1) is 0 Å². The van der Waals surface area contributed by atoms with Crippen LogP contribution in [-0.2, 0) is 0 Å². The van der Waals surface area contributed by atoms with Crippen LogP contribution in [0.1, 0.15) is 26.2 Å². The zero-order chi connectivity index (χ0) is 13.8. The van der Waals surface area contributed by atoms with Crippen molar-refractivity contribution < 1.29 is 4.92 Å². The van der Waals surface area contributed by atoms with E-state index in [9.17, 15) is 10.1 Å². The van der Waals surface area contributed by atoms with Crippen LogP contribution in [0.25, 0.3) is 0 Å². The number of nitrogens with zero attached hydrogens (tertiary/aromatic N) is 3. The maximum Gasteiger partial charge on any atom is 0.276 e. The van der Waals surface area contributed by atoms with Crippen LogP contribution in [0.4, 0.5) is 17.3 Å². The molecule has 0 saturated carbocycles. The maximum absolute atomic E-state index is 11.0.